The Hall–Kier alpha value is -2.35. The topological polar surface area (TPSA) is 56.1 Å². The summed E-state index contributed by atoms with van der Waals surface area (Å²) >= 11 is 5.97. The van der Waals surface area contributed by atoms with E-state index in [1.807, 2.05) is 7.05 Å². The summed E-state index contributed by atoms with van der Waals surface area (Å²) in [6.45, 7) is 0.260. The van der Waals surface area contributed by atoms with E-state index in [2.05, 4.69) is 40.6 Å². The predicted molar refractivity (Wildman–Crippen MR) is 99.5 cm³/mol. The van der Waals surface area contributed by atoms with Crippen LogP contribution < -0.4 is 5.32 Å². The highest BCUT2D eigenvalue weighted by atomic mass is 35.5. The van der Waals surface area contributed by atoms with Gasteiger partial charge < -0.3 is 5.32 Å². The molecule has 0 bridgehead atoms. The molecule has 1 N–H and O–H groups in total. The summed E-state index contributed by atoms with van der Waals surface area (Å²) in [6, 6.07) is 15.6. The fraction of sp³-hybridized carbons (Fsp3) is 0.300. The van der Waals surface area contributed by atoms with Gasteiger partial charge in [0.1, 0.15) is 6.07 Å². The minimum Gasteiger partial charge on any atom is -0.324 e. The van der Waals surface area contributed by atoms with Crippen molar-refractivity contribution in [2.45, 2.75) is 25.3 Å². The number of nitriles is 1. The number of aryl methyl sites for hydroxylation is 1. The molecule has 0 aliphatic heterocycles. The SMILES string of the molecule is CN(CC(=O)Nc1cc(Cl)ccc1C#N)[C@H]1CCCc2ccccc21. The minimum absolute atomic E-state index is 0.149. The van der Waals surface area contributed by atoms with Crippen LogP contribution in [-0.2, 0) is 11.2 Å². The molecule has 1 amide bonds. The average Bonchev–Trinajstić information content (AvgIpc) is 2.61. The molecule has 1 aliphatic carbocycles. The number of benzene rings is 2. The van der Waals surface area contributed by atoms with Gasteiger partial charge in [0.2, 0.25) is 5.91 Å². The molecule has 3 rings (SSSR count). The van der Waals surface area contributed by atoms with Crippen molar-refractivity contribution in [2.75, 3.05) is 18.9 Å². The summed E-state index contributed by atoms with van der Waals surface area (Å²) in [6.07, 6.45) is 3.27. The fourth-order valence-corrected chi connectivity index (χ4v) is 3.60. The van der Waals surface area contributed by atoms with E-state index in [4.69, 9.17) is 16.9 Å². The third-order valence-corrected chi connectivity index (χ3v) is 4.87. The van der Waals surface area contributed by atoms with Gasteiger partial charge in [0.05, 0.1) is 17.8 Å². The Morgan fingerprint density at radius 2 is 2.16 bits per heavy atom. The standard InChI is InChI=1S/C20H20ClN3O/c1-24(19-8-4-6-14-5-2-3-7-17(14)19)13-20(25)23-18-11-16(21)10-9-15(18)12-22/h2-3,5,7,9-11,19H,4,6,8,13H2,1H3,(H,23,25)/t19-/m0/s1. The lowest BCUT2D eigenvalue weighted by Gasteiger charge is -2.32. The summed E-state index contributed by atoms with van der Waals surface area (Å²) < 4.78 is 0. The van der Waals surface area contributed by atoms with Crippen LogP contribution in [0, 0.1) is 11.3 Å². The molecule has 0 radical (unpaired) electrons. The van der Waals surface area contributed by atoms with E-state index in [0.717, 1.165) is 19.3 Å². The van der Waals surface area contributed by atoms with Crippen molar-refractivity contribution in [2.24, 2.45) is 0 Å². The maximum absolute atomic E-state index is 12.5. The zero-order valence-electron chi connectivity index (χ0n) is 14.1. The lowest BCUT2D eigenvalue weighted by molar-refractivity contribution is -0.117. The lowest BCUT2D eigenvalue weighted by Crippen LogP contribution is -2.35. The number of amides is 1. The van der Waals surface area contributed by atoms with E-state index >= 15 is 0 Å². The monoisotopic (exact) mass is 353 g/mol. The van der Waals surface area contributed by atoms with Crippen LogP contribution in [0.2, 0.25) is 5.02 Å². The number of hydrogen-bond donors (Lipinski definition) is 1. The lowest BCUT2D eigenvalue weighted by atomic mass is 9.87. The van der Waals surface area contributed by atoms with E-state index in [9.17, 15) is 4.79 Å². The van der Waals surface area contributed by atoms with Gasteiger partial charge in [-0.1, -0.05) is 35.9 Å². The number of anilines is 1. The molecule has 0 fully saturated rings. The highest BCUT2D eigenvalue weighted by molar-refractivity contribution is 6.31. The number of carbonyl (C=O) groups is 1. The van der Waals surface area contributed by atoms with Crippen LogP contribution >= 0.6 is 11.6 Å². The Kier molecular flexibility index (Phi) is 5.37. The Balaban J connectivity index is 1.70. The van der Waals surface area contributed by atoms with Crippen LogP contribution in [0.4, 0.5) is 5.69 Å². The van der Waals surface area contributed by atoms with Gasteiger partial charge in [-0.25, -0.2) is 0 Å². The summed E-state index contributed by atoms with van der Waals surface area (Å²) in [4.78, 5) is 14.5. The Morgan fingerprint density at radius 1 is 1.36 bits per heavy atom. The highest BCUT2D eigenvalue weighted by Crippen LogP contribution is 2.33. The molecule has 0 unspecified atom stereocenters. The maximum atomic E-state index is 12.5. The van der Waals surface area contributed by atoms with Crippen LogP contribution in [0.1, 0.15) is 35.6 Å². The second-order valence-electron chi connectivity index (χ2n) is 6.37. The molecule has 0 saturated heterocycles. The minimum atomic E-state index is -0.149. The molecule has 0 aromatic heterocycles. The van der Waals surface area contributed by atoms with Gasteiger partial charge in [-0.3, -0.25) is 9.69 Å². The first-order chi connectivity index (χ1) is 12.1. The summed E-state index contributed by atoms with van der Waals surface area (Å²) in [5.41, 5.74) is 3.54. The third-order valence-electron chi connectivity index (χ3n) is 4.64. The highest BCUT2D eigenvalue weighted by Gasteiger charge is 2.24. The van der Waals surface area contributed by atoms with E-state index < -0.39 is 0 Å². The molecule has 2 aromatic carbocycles. The van der Waals surface area contributed by atoms with Crippen molar-refractivity contribution >= 4 is 23.2 Å². The Bertz CT molecular complexity index is 828. The number of rotatable bonds is 4. The van der Waals surface area contributed by atoms with Crippen LogP contribution in [0.25, 0.3) is 0 Å². The van der Waals surface area contributed by atoms with Crippen LogP contribution in [-0.4, -0.2) is 24.4 Å². The van der Waals surface area contributed by atoms with Gasteiger partial charge in [0.15, 0.2) is 0 Å². The number of hydrogen-bond acceptors (Lipinski definition) is 3. The van der Waals surface area contributed by atoms with Crippen molar-refractivity contribution in [1.29, 1.82) is 5.26 Å². The van der Waals surface area contributed by atoms with Gasteiger partial charge in [-0.2, -0.15) is 5.26 Å². The van der Waals surface area contributed by atoms with Crippen molar-refractivity contribution in [1.82, 2.24) is 4.90 Å². The smallest absolute Gasteiger partial charge is 0.238 e. The first-order valence-electron chi connectivity index (χ1n) is 8.36. The predicted octanol–water partition coefficient (Wildman–Crippen LogP) is 4.16. The van der Waals surface area contributed by atoms with Gasteiger partial charge in [-0.15, -0.1) is 0 Å². The molecule has 1 aliphatic rings. The Morgan fingerprint density at radius 3 is 2.96 bits per heavy atom. The normalized spacial score (nSPS) is 16.2. The number of nitrogens with one attached hydrogen (secondary N) is 1. The second kappa shape index (κ2) is 7.69. The van der Waals surface area contributed by atoms with E-state index in [0.29, 0.717) is 16.3 Å². The molecule has 0 heterocycles. The summed E-state index contributed by atoms with van der Waals surface area (Å²) in [7, 11) is 1.97. The van der Waals surface area contributed by atoms with E-state index in [-0.39, 0.29) is 18.5 Å². The van der Waals surface area contributed by atoms with E-state index in [1.54, 1.807) is 18.2 Å². The van der Waals surface area contributed by atoms with Gasteiger partial charge in [0.25, 0.3) is 0 Å². The average molecular weight is 354 g/mol. The molecule has 1 atom stereocenters. The number of fused-ring (bicyclic) bond motifs is 1. The fourth-order valence-electron chi connectivity index (χ4n) is 3.43. The number of halogens is 1. The first-order valence-corrected chi connectivity index (χ1v) is 8.74. The number of carbonyl (C=O) groups excluding carboxylic acids is 1. The van der Waals surface area contributed by atoms with Crippen molar-refractivity contribution in [3.63, 3.8) is 0 Å². The van der Waals surface area contributed by atoms with Crippen LogP contribution in [0.5, 0.6) is 0 Å². The number of nitrogens with zero attached hydrogens (tertiary/aromatic N) is 2. The van der Waals surface area contributed by atoms with Crippen LogP contribution in [0.15, 0.2) is 42.5 Å². The largest absolute Gasteiger partial charge is 0.324 e. The molecular weight excluding hydrogens is 334 g/mol. The molecular formula is C20H20ClN3O. The molecule has 128 valence electrons. The van der Waals surface area contributed by atoms with Crippen molar-refractivity contribution in [3.8, 4) is 6.07 Å². The molecule has 2 aromatic rings. The molecule has 25 heavy (non-hydrogen) atoms. The van der Waals surface area contributed by atoms with Crippen molar-refractivity contribution < 1.29 is 4.79 Å². The zero-order valence-corrected chi connectivity index (χ0v) is 14.9. The Labute approximate surface area is 153 Å². The molecule has 0 saturated carbocycles. The maximum Gasteiger partial charge on any atom is 0.238 e. The molecule has 5 heteroatoms. The first kappa shape index (κ1) is 17.5. The zero-order chi connectivity index (χ0) is 17.8. The van der Waals surface area contributed by atoms with E-state index in [1.165, 1.54) is 11.1 Å². The summed E-state index contributed by atoms with van der Waals surface area (Å²) in [5.74, 6) is -0.149. The quantitative estimate of drug-likeness (QED) is 0.897. The van der Waals surface area contributed by atoms with Crippen molar-refractivity contribution in [3.05, 3.63) is 64.2 Å². The molecule has 4 nitrogen and oxygen atoms in total. The summed E-state index contributed by atoms with van der Waals surface area (Å²) in [5, 5.41) is 12.5. The third kappa shape index (κ3) is 4.01. The van der Waals surface area contributed by atoms with Gasteiger partial charge in [0, 0.05) is 11.1 Å². The van der Waals surface area contributed by atoms with Crippen LogP contribution in [0.3, 0.4) is 0 Å². The number of likely N-dealkylation sites (N-methyl/N-ethyl adjacent to an activating group) is 1. The molecule has 0 spiro atoms. The second-order valence-corrected chi connectivity index (χ2v) is 6.81. The van der Waals surface area contributed by atoms with Gasteiger partial charge in [-0.05, 0) is 55.6 Å². The van der Waals surface area contributed by atoms with Gasteiger partial charge >= 0.3 is 0 Å².